The summed E-state index contributed by atoms with van der Waals surface area (Å²) in [5.74, 6) is 0.907. The van der Waals surface area contributed by atoms with Gasteiger partial charge in [0.25, 0.3) is 0 Å². The maximum atomic E-state index is 13.1. The molecule has 6 nitrogen and oxygen atoms in total. The van der Waals surface area contributed by atoms with Crippen molar-refractivity contribution in [3.63, 3.8) is 0 Å². The number of nitrogens with one attached hydrogen (secondary N) is 1. The van der Waals surface area contributed by atoms with Crippen molar-refractivity contribution < 1.29 is 26.3 Å². The first kappa shape index (κ1) is 25.9. The predicted molar refractivity (Wildman–Crippen MR) is 129 cm³/mol. The van der Waals surface area contributed by atoms with Gasteiger partial charge in [0.2, 0.25) is 10.0 Å². The number of pyridine rings is 1. The molecule has 4 rings (SSSR count). The van der Waals surface area contributed by atoms with Gasteiger partial charge in [-0.25, -0.2) is 18.1 Å². The van der Waals surface area contributed by atoms with Crippen LogP contribution in [0.1, 0.15) is 49.1 Å². The molecule has 1 aliphatic heterocycles. The van der Waals surface area contributed by atoms with Crippen molar-refractivity contribution in [2.45, 2.75) is 56.3 Å². The van der Waals surface area contributed by atoms with Crippen LogP contribution in [0, 0.1) is 5.92 Å². The minimum Gasteiger partial charge on any atom is -0.378 e. The number of aromatic nitrogens is 1. The zero-order valence-corrected chi connectivity index (χ0v) is 20.6. The van der Waals surface area contributed by atoms with E-state index in [1.807, 2.05) is 18.2 Å². The molecule has 1 aliphatic carbocycles. The van der Waals surface area contributed by atoms with Crippen molar-refractivity contribution in [3.05, 3.63) is 59.8 Å². The molecule has 0 bridgehead atoms. The molecule has 2 aromatic rings. The van der Waals surface area contributed by atoms with E-state index in [1.165, 1.54) is 18.4 Å². The monoisotopic (exact) mass is 511 g/mol. The molecule has 0 amide bonds. The number of rotatable bonds is 7. The van der Waals surface area contributed by atoms with Gasteiger partial charge in [-0.3, -0.25) is 0 Å². The average Bonchev–Trinajstić information content (AvgIpc) is 2.83. The van der Waals surface area contributed by atoms with Crippen molar-refractivity contribution in [2.24, 2.45) is 5.92 Å². The van der Waals surface area contributed by atoms with E-state index < -0.39 is 21.8 Å². The number of sulfonamides is 1. The second-order valence-corrected chi connectivity index (χ2v) is 11.4. The van der Waals surface area contributed by atoms with E-state index >= 15 is 0 Å². The Morgan fingerprint density at radius 1 is 1.09 bits per heavy atom. The lowest BCUT2D eigenvalue weighted by molar-refractivity contribution is -0.137. The average molecular weight is 512 g/mol. The lowest BCUT2D eigenvalue weighted by atomic mass is 9.82. The molecule has 2 fully saturated rings. The Balaban J connectivity index is 1.34. The smallest absolute Gasteiger partial charge is 0.378 e. The molecule has 2 aliphatic rings. The van der Waals surface area contributed by atoms with Crippen molar-refractivity contribution in [1.29, 1.82) is 0 Å². The fourth-order valence-corrected chi connectivity index (χ4v) is 6.03. The summed E-state index contributed by atoms with van der Waals surface area (Å²) < 4.78 is 72.1. The van der Waals surface area contributed by atoms with Crippen LogP contribution in [0.2, 0.25) is 0 Å². The topological polar surface area (TPSA) is 71.5 Å². The van der Waals surface area contributed by atoms with Gasteiger partial charge in [0, 0.05) is 31.2 Å². The second-order valence-electron chi connectivity index (χ2n) is 9.61. The largest absolute Gasteiger partial charge is 0.416 e. The number of alkyl halides is 3. The van der Waals surface area contributed by atoms with Gasteiger partial charge >= 0.3 is 6.18 Å². The molecule has 10 heteroatoms. The van der Waals surface area contributed by atoms with Crippen LogP contribution in [0.4, 0.5) is 19.0 Å². The highest BCUT2D eigenvalue weighted by Gasteiger charge is 2.34. The molecule has 2 unspecified atom stereocenters. The fourth-order valence-electron chi connectivity index (χ4n) is 5.17. The Bertz CT molecular complexity index is 1070. The van der Waals surface area contributed by atoms with Gasteiger partial charge in [0.15, 0.2) is 0 Å². The minimum atomic E-state index is -4.34. The lowest BCUT2D eigenvalue weighted by Gasteiger charge is -2.40. The third kappa shape index (κ3) is 7.17. The summed E-state index contributed by atoms with van der Waals surface area (Å²) in [6.45, 7) is 1.74. The standard InChI is InChI=1S/C25H32F3N3O3S/c1-35(32,33)30-23-12-14-31(24-7-2-3-13-29-24)16-20(23)17-34-22-10-8-18(9-11-22)19-5-4-6-21(15-19)25(26,27)28/h2-7,13,15,18,20,22-23,30H,8-12,14,16-17H2,1H3/t18-,20?,22+,23?. The summed E-state index contributed by atoms with van der Waals surface area (Å²) in [7, 11) is -3.35. The number of hydrogen-bond donors (Lipinski definition) is 1. The van der Waals surface area contributed by atoms with E-state index in [0.717, 1.165) is 43.1 Å². The normalized spacial score (nSPS) is 26.0. The van der Waals surface area contributed by atoms with Crippen molar-refractivity contribution >= 4 is 15.8 Å². The maximum Gasteiger partial charge on any atom is 0.416 e. The maximum absolute atomic E-state index is 13.1. The van der Waals surface area contributed by atoms with Crippen LogP contribution in [0.3, 0.4) is 0 Å². The SMILES string of the molecule is CS(=O)(=O)NC1CCN(c2ccccn2)CC1CO[C@H]1CC[C@@H](c2cccc(C(F)(F)F)c2)CC1. The number of hydrogen-bond acceptors (Lipinski definition) is 5. The highest BCUT2D eigenvalue weighted by atomic mass is 32.2. The Hall–Kier alpha value is -2.17. The molecule has 1 saturated carbocycles. The van der Waals surface area contributed by atoms with E-state index in [9.17, 15) is 21.6 Å². The van der Waals surface area contributed by atoms with Gasteiger partial charge in [-0.05, 0) is 61.8 Å². The predicted octanol–water partition coefficient (Wildman–Crippen LogP) is 4.59. The van der Waals surface area contributed by atoms with Gasteiger partial charge in [0.1, 0.15) is 5.82 Å². The van der Waals surface area contributed by atoms with E-state index in [-0.39, 0.29) is 24.0 Å². The number of benzene rings is 1. The van der Waals surface area contributed by atoms with Crippen molar-refractivity contribution in [3.8, 4) is 0 Å². The molecule has 1 aromatic carbocycles. The first-order chi connectivity index (χ1) is 16.6. The van der Waals surface area contributed by atoms with Crippen LogP contribution in [-0.2, 0) is 20.9 Å². The van der Waals surface area contributed by atoms with E-state index in [2.05, 4.69) is 14.6 Å². The Kier molecular flexibility index (Phi) is 8.02. The number of piperidine rings is 1. The van der Waals surface area contributed by atoms with E-state index in [0.29, 0.717) is 26.1 Å². The molecule has 192 valence electrons. The first-order valence-corrected chi connectivity index (χ1v) is 13.9. The van der Waals surface area contributed by atoms with Crippen LogP contribution in [0.15, 0.2) is 48.7 Å². The molecule has 1 saturated heterocycles. The Labute approximate surface area is 204 Å². The number of halogens is 3. The number of nitrogens with zero attached hydrogens (tertiary/aromatic N) is 2. The minimum absolute atomic E-state index is 0.0150. The summed E-state index contributed by atoms with van der Waals surface area (Å²) in [4.78, 5) is 6.57. The van der Waals surface area contributed by atoms with Crippen LogP contribution in [0.5, 0.6) is 0 Å². The lowest BCUT2D eigenvalue weighted by Crippen LogP contribution is -2.52. The summed E-state index contributed by atoms with van der Waals surface area (Å²) >= 11 is 0. The van der Waals surface area contributed by atoms with Crippen molar-refractivity contribution in [1.82, 2.24) is 9.71 Å². The molecule has 35 heavy (non-hydrogen) atoms. The van der Waals surface area contributed by atoms with Crippen molar-refractivity contribution in [2.75, 3.05) is 30.9 Å². The quantitative estimate of drug-likeness (QED) is 0.589. The number of anilines is 1. The van der Waals surface area contributed by atoms with Gasteiger partial charge in [-0.15, -0.1) is 0 Å². The summed E-state index contributed by atoms with van der Waals surface area (Å²) in [5, 5.41) is 0. The van der Waals surface area contributed by atoms with Crippen LogP contribution >= 0.6 is 0 Å². The summed E-state index contributed by atoms with van der Waals surface area (Å²) in [6, 6.07) is 11.1. The Morgan fingerprint density at radius 3 is 2.51 bits per heavy atom. The number of ether oxygens (including phenoxy) is 1. The molecule has 1 N–H and O–H groups in total. The highest BCUT2D eigenvalue weighted by molar-refractivity contribution is 7.88. The zero-order chi connectivity index (χ0) is 25.1. The zero-order valence-electron chi connectivity index (χ0n) is 19.7. The first-order valence-electron chi connectivity index (χ1n) is 12.0. The van der Waals surface area contributed by atoms with E-state index in [4.69, 9.17) is 4.74 Å². The summed E-state index contributed by atoms with van der Waals surface area (Å²) in [6.07, 6.45) is 2.31. The Morgan fingerprint density at radius 2 is 1.86 bits per heavy atom. The third-order valence-corrected chi connectivity index (χ3v) is 7.71. The molecule has 2 heterocycles. The summed E-state index contributed by atoms with van der Waals surface area (Å²) in [5.41, 5.74) is 0.126. The van der Waals surface area contributed by atoms with Gasteiger partial charge in [0.05, 0.1) is 24.5 Å². The molecular formula is C25H32F3N3O3S. The van der Waals surface area contributed by atoms with Gasteiger partial charge < -0.3 is 9.64 Å². The van der Waals surface area contributed by atoms with Crippen LogP contribution < -0.4 is 9.62 Å². The molecule has 0 spiro atoms. The molecule has 1 aromatic heterocycles. The van der Waals surface area contributed by atoms with Crippen LogP contribution in [-0.4, -0.2) is 51.5 Å². The third-order valence-electron chi connectivity index (χ3n) is 6.98. The van der Waals surface area contributed by atoms with Gasteiger partial charge in [-0.2, -0.15) is 13.2 Å². The highest BCUT2D eigenvalue weighted by Crippen LogP contribution is 2.37. The molecule has 2 atom stereocenters. The second kappa shape index (κ2) is 10.8. The van der Waals surface area contributed by atoms with E-state index in [1.54, 1.807) is 12.3 Å². The fraction of sp³-hybridized carbons (Fsp3) is 0.560. The van der Waals surface area contributed by atoms with Gasteiger partial charge in [-0.1, -0.05) is 24.3 Å². The molecule has 0 radical (unpaired) electrons. The van der Waals surface area contributed by atoms with Crippen LogP contribution in [0.25, 0.3) is 0 Å². The molecular weight excluding hydrogens is 479 g/mol.